The summed E-state index contributed by atoms with van der Waals surface area (Å²) in [6, 6.07) is 0. The van der Waals surface area contributed by atoms with Crippen LogP contribution in [0.3, 0.4) is 0 Å². The maximum Gasteiger partial charge on any atom is 0.222 e. The molecule has 134 heavy (non-hydrogen) atoms. The molecular formula is C96H175N5O33. The summed E-state index contributed by atoms with van der Waals surface area (Å²) < 4.78 is 98.0. The van der Waals surface area contributed by atoms with E-state index in [-0.39, 0.29) is 214 Å². The highest BCUT2D eigenvalue weighted by Gasteiger charge is 2.47. The Bertz CT molecular complexity index is 2760. The predicted octanol–water partition coefficient (Wildman–Crippen LogP) is 3.97. The Morgan fingerprint density at radius 1 is 0.358 bits per heavy atom. The summed E-state index contributed by atoms with van der Waals surface area (Å²) in [5.41, 5.74) is -1.41. The van der Waals surface area contributed by atoms with Crippen LogP contribution >= 0.6 is 0 Å². The molecule has 16 atom stereocenters. The predicted molar refractivity (Wildman–Crippen MR) is 498 cm³/mol. The van der Waals surface area contributed by atoms with E-state index in [0.717, 1.165) is 83.6 Å². The SMILES string of the molecule is CCCCC/C=C\C/C=C\CCCCCCCCC1(CCCCCCCC/C=C\C/C=C\CCCCC)OC[C@H](CN(C)CCCCCC(=O)NC(COCCC(=O)NCCOCCOCCO[C@@H]2OC(CO)[C@@H](O)C(O)[C@H]2O)(COCCC(=O)NCCOCCOCCO[C@@H]2OC(CO)[C@@H](O)C(O)[C@H]2O)COCCC(=O)NCCOCCOCCO[C@@H]2OC(CO)[C@@H](O)C(O)[C@H]2O)O1. The first-order valence-electron chi connectivity index (χ1n) is 49.8. The first kappa shape index (κ1) is 122. The number of ether oxygens (including phenoxy) is 17. The number of aliphatic hydroxyl groups excluding tert-OH is 12. The van der Waals surface area contributed by atoms with Crippen molar-refractivity contribution in [3.63, 3.8) is 0 Å². The number of unbranched alkanes of at least 4 members (excludes halogenated alkanes) is 20. The zero-order valence-electron chi connectivity index (χ0n) is 80.8. The number of hydrogen-bond donors (Lipinski definition) is 16. The van der Waals surface area contributed by atoms with Crippen LogP contribution in [0.25, 0.3) is 0 Å². The summed E-state index contributed by atoms with van der Waals surface area (Å²) in [6.07, 6.45) is 29.4. The molecule has 4 fully saturated rings. The Hall–Kier alpha value is -4.36. The zero-order chi connectivity index (χ0) is 97.2. The highest BCUT2D eigenvalue weighted by molar-refractivity contribution is 5.77. The highest BCUT2D eigenvalue weighted by Crippen LogP contribution is 2.36. The smallest absolute Gasteiger partial charge is 0.222 e. The van der Waals surface area contributed by atoms with Gasteiger partial charge in [-0.15, -0.1) is 0 Å². The fourth-order valence-electron chi connectivity index (χ4n) is 15.3. The van der Waals surface area contributed by atoms with Crippen LogP contribution < -0.4 is 21.3 Å². The second kappa shape index (κ2) is 79.2. The number of nitrogens with zero attached hydrogens (tertiary/aromatic N) is 1. The van der Waals surface area contributed by atoms with Gasteiger partial charge in [0, 0.05) is 64.7 Å². The maximum atomic E-state index is 14.3. The van der Waals surface area contributed by atoms with E-state index in [2.05, 4.69) is 95.7 Å². The molecule has 0 bridgehead atoms. The minimum Gasteiger partial charge on any atom is -0.394 e. The number of allylic oxidation sites excluding steroid dienone is 8. The molecule has 0 saturated carbocycles. The lowest BCUT2D eigenvalue weighted by Crippen LogP contribution is -2.59. The summed E-state index contributed by atoms with van der Waals surface area (Å²) in [5.74, 6) is -2.00. The Morgan fingerprint density at radius 3 is 1.03 bits per heavy atom. The van der Waals surface area contributed by atoms with Gasteiger partial charge in [0.2, 0.25) is 23.6 Å². The molecule has 6 unspecified atom stereocenters. The summed E-state index contributed by atoms with van der Waals surface area (Å²) in [4.78, 5) is 56.1. The van der Waals surface area contributed by atoms with Crippen molar-refractivity contribution in [2.24, 2.45) is 0 Å². The van der Waals surface area contributed by atoms with E-state index in [1.54, 1.807) is 0 Å². The third-order valence-corrected chi connectivity index (χ3v) is 23.2. The lowest BCUT2D eigenvalue weighted by Gasteiger charge is -2.39. The quantitative estimate of drug-likeness (QED) is 0.0302. The van der Waals surface area contributed by atoms with E-state index in [9.17, 15) is 80.5 Å². The molecule has 0 aromatic carbocycles. The van der Waals surface area contributed by atoms with Gasteiger partial charge < -0.3 is 168 Å². The average molecular weight is 1930 g/mol. The normalized spacial score (nSPS) is 24.4. The summed E-state index contributed by atoms with van der Waals surface area (Å²) in [5, 5.41) is 131. The van der Waals surface area contributed by atoms with Crippen molar-refractivity contribution in [3.05, 3.63) is 48.6 Å². The molecule has 4 aliphatic rings. The molecule has 38 heteroatoms. The van der Waals surface area contributed by atoms with E-state index >= 15 is 0 Å². The summed E-state index contributed by atoms with van der Waals surface area (Å²) in [6.45, 7) is 5.65. The van der Waals surface area contributed by atoms with Crippen LogP contribution in [-0.4, -0.2) is 404 Å². The number of carbonyl (C=O) groups excluding carboxylic acids is 4. The Labute approximate surface area is 796 Å². The van der Waals surface area contributed by atoms with Gasteiger partial charge >= 0.3 is 0 Å². The van der Waals surface area contributed by atoms with Crippen molar-refractivity contribution in [2.45, 2.75) is 335 Å². The summed E-state index contributed by atoms with van der Waals surface area (Å²) >= 11 is 0. The van der Waals surface area contributed by atoms with Gasteiger partial charge in [0.1, 0.15) is 78.8 Å². The Morgan fingerprint density at radius 2 is 0.679 bits per heavy atom. The van der Waals surface area contributed by atoms with Crippen molar-refractivity contribution >= 4 is 23.6 Å². The van der Waals surface area contributed by atoms with Crippen LogP contribution in [0.5, 0.6) is 0 Å². The van der Waals surface area contributed by atoms with Crippen molar-refractivity contribution < 1.29 is 161 Å². The number of aliphatic hydroxyl groups is 12. The number of hydrogen-bond acceptors (Lipinski definition) is 34. The first-order valence-corrected chi connectivity index (χ1v) is 49.8. The monoisotopic (exact) mass is 1930 g/mol. The van der Waals surface area contributed by atoms with Crippen LogP contribution in [0.4, 0.5) is 0 Å². The minimum absolute atomic E-state index is 0.0405. The van der Waals surface area contributed by atoms with Gasteiger partial charge in [0.15, 0.2) is 24.7 Å². The molecule has 4 rings (SSSR count). The fourth-order valence-corrected chi connectivity index (χ4v) is 15.3. The molecule has 4 amide bonds. The molecule has 0 spiro atoms. The van der Waals surface area contributed by atoms with E-state index in [4.69, 9.17) is 80.5 Å². The number of rotatable bonds is 87. The second-order valence-corrected chi connectivity index (χ2v) is 34.9. The van der Waals surface area contributed by atoms with Crippen LogP contribution in [0, 0.1) is 0 Å². The number of nitrogens with one attached hydrogen (secondary N) is 4. The van der Waals surface area contributed by atoms with Crippen LogP contribution in [-0.2, 0) is 99.7 Å². The molecule has 0 aromatic heterocycles. The molecule has 4 aliphatic heterocycles. The fraction of sp³-hybridized carbons (Fsp3) is 0.875. The van der Waals surface area contributed by atoms with Gasteiger partial charge in [-0.3, -0.25) is 19.2 Å². The van der Waals surface area contributed by atoms with Gasteiger partial charge in [-0.25, -0.2) is 0 Å². The minimum atomic E-state index is -1.58. The van der Waals surface area contributed by atoms with Gasteiger partial charge in [0.25, 0.3) is 0 Å². The average Bonchev–Trinajstić information content (AvgIpc) is 1.32. The van der Waals surface area contributed by atoms with E-state index < -0.39 is 123 Å². The zero-order valence-corrected chi connectivity index (χ0v) is 80.8. The molecule has 4 saturated heterocycles. The first-order chi connectivity index (χ1) is 65.2. The number of carbonyl (C=O) groups is 4. The van der Waals surface area contributed by atoms with Crippen molar-refractivity contribution in [3.8, 4) is 0 Å². The molecule has 4 heterocycles. The van der Waals surface area contributed by atoms with Gasteiger partial charge in [-0.05, 0) is 103 Å². The lowest BCUT2D eigenvalue weighted by molar-refractivity contribution is -0.302. The van der Waals surface area contributed by atoms with Crippen molar-refractivity contribution in [1.82, 2.24) is 26.2 Å². The maximum absolute atomic E-state index is 14.3. The number of amides is 4. The van der Waals surface area contributed by atoms with Gasteiger partial charge in [-0.2, -0.15) is 0 Å². The topological polar surface area (TPSA) is 519 Å². The highest BCUT2D eigenvalue weighted by atomic mass is 16.8. The molecular weight excluding hydrogens is 1750 g/mol. The molecule has 38 nitrogen and oxygen atoms in total. The van der Waals surface area contributed by atoms with Crippen LogP contribution in [0.15, 0.2) is 48.6 Å². The van der Waals surface area contributed by atoms with Crippen molar-refractivity contribution in [2.75, 3.05) is 205 Å². The number of likely N-dealkylation sites (N-methyl/N-ethyl adjacent to an activating group) is 1. The van der Waals surface area contributed by atoms with Gasteiger partial charge in [0.05, 0.1) is 171 Å². The molecule has 0 aliphatic carbocycles. The molecule has 0 radical (unpaired) electrons. The van der Waals surface area contributed by atoms with E-state index in [1.807, 2.05) is 0 Å². The van der Waals surface area contributed by atoms with Crippen molar-refractivity contribution in [1.29, 1.82) is 0 Å². The molecule has 0 aromatic rings. The second-order valence-electron chi connectivity index (χ2n) is 34.9. The third-order valence-electron chi connectivity index (χ3n) is 23.2. The summed E-state index contributed by atoms with van der Waals surface area (Å²) in [7, 11) is 2.09. The third kappa shape index (κ3) is 56.3. The largest absolute Gasteiger partial charge is 0.394 e. The Balaban J connectivity index is 1.34. The van der Waals surface area contributed by atoms with Gasteiger partial charge in [-0.1, -0.05) is 146 Å². The Kier molecular flexibility index (Phi) is 72.1. The van der Waals surface area contributed by atoms with Crippen LogP contribution in [0.1, 0.15) is 226 Å². The van der Waals surface area contributed by atoms with E-state index in [0.29, 0.717) is 19.6 Å². The molecule has 782 valence electrons. The molecule has 16 N–H and O–H groups in total. The van der Waals surface area contributed by atoms with E-state index in [1.165, 1.54) is 103 Å². The lowest BCUT2D eigenvalue weighted by atomic mass is 9.98. The van der Waals surface area contributed by atoms with Crippen LogP contribution in [0.2, 0.25) is 0 Å². The standard InChI is InChI=1S/C96H175N5O33/c1-4-6-8-10-12-14-16-18-20-22-24-26-28-30-32-36-43-96(44-37-33-31-29-27-25-23-21-19-17-15-13-11-9-7-5-2)130-71-75(134-96)67-101(3)48-38-34-35-39-82(108)100-95(72-124-49-40-79(105)97-45-52-118-55-58-121-61-64-127-92-89(115)86(112)83(109)76(68-102)131-92,73-125-50-41-80(106)98-46-53-119-56-59-122-62-65-128-93-90(116)87(113)84(110)77(69-103)132-93)74-126-51-42-81(107)99-47-54-120-57-60-123-63-66-129-94-91(117)88(114)85(111)78(70-104)133-94/h12-15,18-21,75-78,83-94,102-104,109-117H,4-11,16-17,22-74H2,1-3H3,(H,97,105)(H,98,106)(H,99,107)(H,100,108)/b14-12-,15-13-,20-18-,21-19-/t75-,76?,77?,78?,83+,84+,85+,86?,87?,88?,89+,90+,91+,92+,93+,94+,95?/m0/s1.